The van der Waals surface area contributed by atoms with Crippen LogP contribution in [-0.2, 0) is 0 Å². The van der Waals surface area contributed by atoms with Crippen molar-refractivity contribution in [1.29, 1.82) is 0 Å². The van der Waals surface area contributed by atoms with Gasteiger partial charge in [0.05, 0.1) is 17.9 Å². The molecular weight excluding hydrogens is 240 g/mol. The largest absolute Gasteiger partial charge is 0.491 e. The highest BCUT2D eigenvalue weighted by Crippen LogP contribution is 2.35. The Morgan fingerprint density at radius 3 is 3.00 bits per heavy atom. The van der Waals surface area contributed by atoms with Crippen LogP contribution in [0.1, 0.15) is 16.8 Å². The quantitative estimate of drug-likeness (QED) is 0.773. The highest BCUT2D eigenvalue weighted by Gasteiger charge is 2.20. The van der Waals surface area contributed by atoms with Crippen LogP contribution in [0, 0.1) is 0 Å². The summed E-state index contributed by atoms with van der Waals surface area (Å²) < 4.78 is 5.72. The van der Waals surface area contributed by atoms with Gasteiger partial charge in [-0.2, -0.15) is 0 Å². The number of hydrogen-bond donors (Lipinski definition) is 0. The Bertz CT molecular complexity index is 598. The Hall–Kier alpha value is -2.36. The van der Waals surface area contributed by atoms with Crippen molar-refractivity contribution in [2.45, 2.75) is 6.42 Å². The summed E-state index contributed by atoms with van der Waals surface area (Å²) in [6.45, 7) is 1.46. The molecule has 0 fully saturated rings. The molecule has 0 saturated carbocycles. The van der Waals surface area contributed by atoms with Crippen molar-refractivity contribution in [3.63, 3.8) is 0 Å². The molecule has 1 aromatic carbocycles. The van der Waals surface area contributed by atoms with Gasteiger partial charge in [0.1, 0.15) is 11.6 Å². The van der Waals surface area contributed by atoms with E-state index in [-0.39, 0.29) is 0 Å². The number of benzene rings is 1. The van der Waals surface area contributed by atoms with E-state index in [1.165, 1.54) is 0 Å². The molecule has 1 aromatic heterocycles. The van der Waals surface area contributed by atoms with E-state index in [0.29, 0.717) is 18.0 Å². The standard InChI is InChI=1S/C15H14N2O2/c18-11-12-5-3-8-16-15(12)17-9-4-10-19-14-7-2-1-6-13(14)17/h1-3,5-8,11H,4,9-10H2. The van der Waals surface area contributed by atoms with Gasteiger partial charge in [-0.25, -0.2) is 4.98 Å². The molecule has 0 unspecified atom stereocenters. The van der Waals surface area contributed by atoms with Crippen molar-refractivity contribution in [1.82, 2.24) is 4.98 Å². The predicted molar refractivity (Wildman–Crippen MR) is 73.2 cm³/mol. The first kappa shape index (κ1) is 11.7. The molecule has 0 atom stereocenters. The first-order valence-corrected chi connectivity index (χ1v) is 6.30. The molecule has 0 spiro atoms. The summed E-state index contributed by atoms with van der Waals surface area (Å²) in [5.41, 5.74) is 1.56. The van der Waals surface area contributed by atoms with E-state index in [9.17, 15) is 4.79 Å². The number of rotatable bonds is 2. The van der Waals surface area contributed by atoms with Gasteiger partial charge in [-0.1, -0.05) is 12.1 Å². The summed E-state index contributed by atoms with van der Waals surface area (Å²) >= 11 is 0. The number of fused-ring (bicyclic) bond motifs is 1. The topological polar surface area (TPSA) is 42.4 Å². The molecule has 1 aliphatic rings. The molecule has 0 bridgehead atoms. The van der Waals surface area contributed by atoms with Crippen LogP contribution >= 0.6 is 0 Å². The third-order valence-electron chi connectivity index (χ3n) is 3.14. The fourth-order valence-electron chi connectivity index (χ4n) is 2.27. The molecule has 0 N–H and O–H groups in total. The fraction of sp³-hybridized carbons (Fsp3) is 0.200. The second-order valence-electron chi connectivity index (χ2n) is 4.36. The van der Waals surface area contributed by atoms with E-state index in [4.69, 9.17) is 4.74 Å². The first-order chi connectivity index (χ1) is 9.40. The number of ether oxygens (including phenoxy) is 1. The first-order valence-electron chi connectivity index (χ1n) is 6.30. The lowest BCUT2D eigenvalue weighted by Gasteiger charge is -2.23. The third-order valence-corrected chi connectivity index (χ3v) is 3.14. The number of anilines is 2. The average molecular weight is 254 g/mol. The van der Waals surface area contributed by atoms with Crippen molar-refractivity contribution in [3.05, 3.63) is 48.2 Å². The maximum absolute atomic E-state index is 11.2. The van der Waals surface area contributed by atoms with E-state index < -0.39 is 0 Å². The molecule has 0 radical (unpaired) electrons. The molecule has 0 amide bonds. The molecule has 1 aliphatic heterocycles. The fourth-order valence-corrected chi connectivity index (χ4v) is 2.27. The Kier molecular flexibility index (Phi) is 3.14. The highest BCUT2D eigenvalue weighted by molar-refractivity contribution is 5.85. The lowest BCUT2D eigenvalue weighted by molar-refractivity contribution is 0.112. The number of carbonyl (C=O) groups is 1. The molecule has 0 aliphatic carbocycles. The van der Waals surface area contributed by atoms with E-state index in [1.54, 1.807) is 18.3 Å². The van der Waals surface area contributed by atoms with Crippen LogP contribution in [0.15, 0.2) is 42.6 Å². The van der Waals surface area contributed by atoms with Crippen LogP contribution < -0.4 is 9.64 Å². The summed E-state index contributed by atoms with van der Waals surface area (Å²) in [7, 11) is 0. The van der Waals surface area contributed by atoms with Crippen LogP contribution in [-0.4, -0.2) is 24.4 Å². The number of nitrogens with zero attached hydrogens (tertiary/aromatic N) is 2. The molecule has 2 aromatic rings. The van der Waals surface area contributed by atoms with Crippen LogP contribution in [0.25, 0.3) is 0 Å². The Morgan fingerprint density at radius 2 is 2.11 bits per heavy atom. The summed E-state index contributed by atoms with van der Waals surface area (Å²) in [6, 6.07) is 11.4. The molecule has 19 heavy (non-hydrogen) atoms. The van der Waals surface area contributed by atoms with Gasteiger partial charge in [0.15, 0.2) is 6.29 Å². The van der Waals surface area contributed by atoms with E-state index in [1.807, 2.05) is 29.2 Å². The van der Waals surface area contributed by atoms with Gasteiger partial charge < -0.3 is 9.64 Å². The highest BCUT2D eigenvalue weighted by atomic mass is 16.5. The van der Waals surface area contributed by atoms with Crippen molar-refractivity contribution in [2.75, 3.05) is 18.1 Å². The van der Waals surface area contributed by atoms with Gasteiger partial charge >= 0.3 is 0 Å². The van der Waals surface area contributed by atoms with Crippen molar-refractivity contribution >= 4 is 17.8 Å². The SMILES string of the molecule is O=Cc1cccnc1N1CCCOc2ccccc21. The second kappa shape index (κ2) is 5.10. The molecule has 96 valence electrons. The van der Waals surface area contributed by atoms with Gasteiger partial charge in [-0.15, -0.1) is 0 Å². The monoisotopic (exact) mass is 254 g/mol. The van der Waals surface area contributed by atoms with Gasteiger partial charge in [0.2, 0.25) is 0 Å². The number of hydrogen-bond acceptors (Lipinski definition) is 4. The lowest BCUT2D eigenvalue weighted by Crippen LogP contribution is -2.20. The molecular formula is C15H14N2O2. The zero-order valence-electron chi connectivity index (χ0n) is 10.5. The smallest absolute Gasteiger partial charge is 0.153 e. The Morgan fingerprint density at radius 1 is 1.21 bits per heavy atom. The van der Waals surface area contributed by atoms with E-state index >= 15 is 0 Å². The lowest BCUT2D eigenvalue weighted by atomic mass is 10.2. The van der Waals surface area contributed by atoms with Crippen LogP contribution in [0.4, 0.5) is 11.5 Å². The zero-order chi connectivity index (χ0) is 13.1. The Labute approximate surface area is 111 Å². The normalized spacial score (nSPS) is 14.2. The number of aldehydes is 1. The maximum Gasteiger partial charge on any atom is 0.153 e. The van der Waals surface area contributed by atoms with Crippen LogP contribution in [0.2, 0.25) is 0 Å². The molecule has 3 rings (SSSR count). The van der Waals surface area contributed by atoms with E-state index in [2.05, 4.69) is 4.98 Å². The minimum absolute atomic E-state index is 0.596. The third kappa shape index (κ3) is 2.17. The van der Waals surface area contributed by atoms with Gasteiger partial charge in [0, 0.05) is 12.7 Å². The maximum atomic E-state index is 11.2. The number of pyridine rings is 1. The average Bonchev–Trinajstić information content (AvgIpc) is 2.69. The summed E-state index contributed by atoms with van der Waals surface area (Å²) in [6.07, 6.45) is 3.44. The van der Waals surface area contributed by atoms with Crippen LogP contribution in [0.3, 0.4) is 0 Å². The predicted octanol–water partition coefficient (Wildman–Crippen LogP) is 2.81. The number of para-hydroxylation sites is 2. The minimum Gasteiger partial charge on any atom is -0.491 e. The Balaban J connectivity index is 2.12. The number of aromatic nitrogens is 1. The summed E-state index contributed by atoms with van der Waals surface area (Å²) in [5, 5.41) is 0. The minimum atomic E-state index is 0.596. The van der Waals surface area contributed by atoms with Crippen LogP contribution in [0.5, 0.6) is 5.75 Å². The molecule has 2 heterocycles. The zero-order valence-corrected chi connectivity index (χ0v) is 10.5. The van der Waals surface area contributed by atoms with Gasteiger partial charge in [0.25, 0.3) is 0 Å². The number of carbonyl (C=O) groups excluding carboxylic acids is 1. The summed E-state index contributed by atoms with van der Waals surface area (Å²) in [4.78, 5) is 17.6. The van der Waals surface area contributed by atoms with Crippen molar-refractivity contribution in [3.8, 4) is 5.75 Å². The van der Waals surface area contributed by atoms with E-state index in [0.717, 1.165) is 30.7 Å². The molecule has 4 nitrogen and oxygen atoms in total. The molecule has 4 heteroatoms. The second-order valence-corrected chi connectivity index (χ2v) is 4.36. The van der Waals surface area contributed by atoms with Gasteiger partial charge in [-0.05, 0) is 30.7 Å². The van der Waals surface area contributed by atoms with Crippen molar-refractivity contribution in [2.24, 2.45) is 0 Å². The van der Waals surface area contributed by atoms with Gasteiger partial charge in [-0.3, -0.25) is 4.79 Å². The van der Waals surface area contributed by atoms with Crippen molar-refractivity contribution < 1.29 is 9.53 Å². The molecule has 0 saturated heterocycles. The summed E-state index contributed by atoms with van der Waals surface area (Å²) in [5.74, 6) is 1.53.